The van der Waals surface area contributed by atoms with Crippen LogP contribution in [0, 0.1) is 6.92 Å². The Balaban J connectivity index is 2.06. The first kappa shape index (κ1) is 12.4. The summed E-state index contributed by atoms with van der Waals surface area (Å²) in [5.74, 6) is 0.0450. The third kappa shape index (κ3) is 2.77. The maximum absolute atomic E-state index is 12.0. The van der Waals surface area contributed by atoms with Gasteiger partial charge in [0, 0.05) is 6.42 Å². The molecule has 0 saturated carbocycles. The van der Waals surface area contributed by atoms with Gasteiger partial charge in [-0.25, -0.2) is 0 Å². The van der Waals surface area contributed by atoms with E-state index in [1.165, 1.54) is 11.1 Å². The SMILES string of the molecule is Cc1ccccc1CCC(=O)c1ccccc1O. The number of hydrogen-bond donors (Lipinski definition) is 1. The summed E-state index contributed by atoms with van der Waals surface area (Å²) in [6.07, 6.45) is 1.13. The Bertz CT molecular complexity index is 559. The number of phenolic OH excluding ortho intramolecular Hbond substituents is 1. The second-order valence-corrected chi connectivity index (χ2v) is 4.37. The molecule has 2 heteroatoms. The molecule has 0 heterocycles. The van der Waals surface area contributed by atoms with E-state index in [0.717, 1.165) is 0 Å². The fourth-order valence-corrected chi connectivity index (χ4v) is 1.98. The topological polar surface area (TPSA) is 37.3 Å². The largest absolute Gasteiger partial charge is 0.507 e. The lowest BCUT2D eigenvalue weighted by Gasteiger charge is -2.06. The second-order valence-electron chi connectivity index (χ2n) is 4.37. The Morgan fingerprint density at radius 2 is 1.72 bits per heavy atom. The van der Waals surface area contributed by atoms with Crippen LogP contribution < -0.4 is 0 Å². The molecule has 0 aromatic heterocycles. The average Bonchev–Trinajstić information content (AvgIpc) is 2.38. The van der Waals surface area contributed by atoms with Crippen molar-refractivity contribution in [3.05, 3.63) is 65.2 Å². The zero-order valence-electron chi connectivity index (χ0n) is 10.4. The van der Waals surface area contributed by atoms with Crippen LogP contribution >= 0.6 is 0 Å². The van der Waals surface area contributed by atoms with Gasteiger partial charge >= 0.3 is 0 Å². The molecular formula is C16H16O2. The number of aryl methyl sites for hydroxylation is 2. The molecule has 0 fully saturated rings. The number of carbonyl (C=O) groups is 1. The second kappa shape index (κ2) is 5.50. The van der Waals surface area contributed by atoms with Crippen molar-refractivity contribution in [3.8, 4) is 5.75 Å². The number of aromatic hydroxyl groups is 1. The van der Waals surface area contributed by atoms with Gasteiger partial charge in [-0.1, -0.05) is 36.4 Å². The van der Waals surface area contributed by atoms with Crippen LogP contribution in [0.15, 0.2) is 48.5 Å². The van der Waals surface area contributed by atoms with Crippen molar-refractivity contribution in [2.24, 2.45) is 0 Å². The Morgan fingerprint density at radius 3 is 2.44 bits per heavy atom. The Labute approximate surface area is 107 Å². The standard InChI is InChI=1S/C16H16O2/c1-12-6-2-3-7-13(12)10-11-16(18)14-8-4-5-9-15(14)17/h2-9,17H,10-11H2,1H3. The number of para-hydroxylation sites is 1. The van der Waals surface area contributed by atoms with E-state index in [1.54, 1.807) is 24.3 Å². The summed E-state index contributed by atoms with van der Waals surface area (Å²) in [6, 6.07) is 14.7. The molecule has 0 spiro atoms. The third-order valence-electron chi connectivity index (χ3n) is 3.09. The Morgan fingerprint density at radius 1 is 1.06 bits per heavy atom. The zero-order chi connectivity index (χ0) is 13.0. The lowest BCUT2D eigenvalue weighted by Crippen LogP contribution is -2.02. The van der Waals surface area contributed by atoms with Crippen LogP contribution in [0.5, 0.6) is 5.75 Å². The van der Waals surface area contributed by atoms with E-state index in [1.807, 2.05) is 31.2 Å². The van der Waals surface area contributed by atoms with Crippen molar-refractivity contribution >= 4 is 5.78 Å². The first-order chi connectivity index (χ1) is 8.68. The Hall–Kier alpha value is -2.09. The molecule has 2 aromatic carbocycles. The van der Waals surface area contributed by atoms with Gasteiger partial charge in [-0.15, -0.1) is 0 Å². The molecule has 0 aliphatic rings. The molecule has 2 rings (SSSR count). The van der Waals surface area contributed by atoms with Crippen LogP contribution in [0.2, 0.25) is 0 Å². The molecule has 2 aromatic rings. The number of benzene rings is 2. The molecule has 0 bridgehead atoms. The Kier molecular flexibility index (Phi) is 3.78. The minimum absolute atomic E-state index is 0.0173. The van der Waals surface area contributed by atoms with E-state index in [4.69, 9.17) is 0 Å². The van der Waals surface area contributed by atoms with Gasteiger partial charge in [-0.2, -0.15) is 0 Å². The van der Waals surface area contributed by atoms with E-state index in [0.29, 0.717) is 18.4 Å². The first-order valence-electron chi connectivity index (χ1n) is 6.04. The fraction of sp³-hybridized carbons (Fsp3) is 0.188. The lowest BCUT2D eigenvalue weighted by atomic mass is 9.99. The summed E-state index contributed by atoms with van der Waals surface area (Å²) in [6.45, 7) is 2.04. The van der Waals surface area contributed by atoms with Crippen LogP contribution in [0.3, 0.4) is 0 Å². The highest BCUT2D eigenvalue weighted by Crippen LogP contribution is 2.19. The molecule has 1 N–H and O–H groups in total. The van der Waals surface area contributed by atoms with Crippen molar-refractivity contribution in [1.29, 1.82) is 0 Å². The van der Waals surface area contributed by atoms with Crippen LogP contribution in [0.25, 0.3) is 0 Å². The maximum atomic E-state index is 12.0. The first-order valence-corrected chi connectivity index (χ1v) is 6.04. The summed E-state index contributed by atoms with van der Waals surface area (Å²) in [5, 5.41) is 9.61. The van der Waals surface area contributed by atoms with Crippen molar-refractivity contribution in [1.82, 2.24) is 0 Å². The molecule has 0 unspecified atom stereocenters. The minimum Gasteiger partial charge on any atom is -0.507 e. The van der Waals surface area contributed by atoms with E-state index < -0.39 is 0 Å². The summed E-state index contributed by atoms with van der Waals surface area (Å²) < 4.78 is 0. The van der Waals surface area contributed by atoms with Gasteiger partial charge in [0.15, 0.2) is 5.78 Å². The molecule has 0 saturated heterocycles. The van der Waals surface area contributed by atoms with E-state index in [2.05, 4.69) is 0 Å². The van der Waals surface area contributed by atoms with Crippen LogP contribution in [-0.4, -0.2) is 10.9 Å². The minimum atomic E-state index is -0.0173. The molecule has 2 nitrogen and oxygen atoms in total. The van der Waals surface area contributed by atoms with E-state index >= 15 is 0 Å². The van der Waals surface area contributed by atoms with Gasteiger partial charge in [0.25, 0.3) is 0 Å². The predicted molar refractivity (Wildman–Crippen MR) is 71.9 cm³/mol. The van der Waals surface area contributed by atoms with Gasteiger partial charge in [0.2, 0.25) is 0 Å². The highest BCUT2D eigenvalue weighted by molar-refractivity contribution is 5.98. The molecule has 92 valence electrons. The highest BCUT2D eigenvalue weighted by atomic mass is 16.3. The van der Waals surface area contributed by atoms with E-state index in [9.17, 15) is 9.90 Å². The molecule has 0 aliphatic heterocycles. The normalized spacial score (nSPS) is 10.3. The van der Waals surface area contributed by atoms with Gasteiger partial charge in [-0.05, 0) is 36.6 Å². The molecular weight excluding hydrogens is 224 g/mol. The van der Waals surface area contributed by atoms with Crippen LogP contribution in [0.4, 0.5) is 0 Å². The number of phenols is 1. The summed E-state index contributed by atoms with van der Waals surface area (Å²) in [7, 11) is 0. The number of hydrogen-bond acceptors (Lipinski definition) is 2. The molecule has 0 amide bonds. The molecule has 0 atom stereocenters. The zero-order valence-corrected chi connectivity index (χ0v) is 10.4. The van der Waals surface area contributed by atoms with E-state index in [-0.39, 0.29) is 11.5 Å². The smallest absolute Gasteiger partial charge is 0.166 e. The van der Waals surface area contributed by atoms with Gasteiger partial charge in [0.1, 0.15) is 5.75 Å². The number of Topliss-reactive ketones (excluding diaryl/α,β-unsaturated/α-hetero) is 1. The quantitative estimate of drug-likeness (QED) is 0.830. The predicted octanol–water partition coefficient (Wildman–Crippen LogP) is 3.52. The lowest BCUT2D eigenvalue weighted by molar-refractivity contribution is 0.0980. The van der Waals surface area contributed by atoms with Crippen molar-refractivity contribution in [2.75, 3.05) is 0 Å². The average molecular weight is 240 g/mol. The van der Waals surface area contributed by atoms with Crippen LogP contribution in [-0.2, 0) is 6.42 Å². The highest BCUT2D eigenvalue weighted by Gasteiger charge is 2.10. The molecule has 0 radical (unpaired) electrons. The third-order valence-corrected chi connectivity index (χ3v) is 3.09. The van der Waals surface area contributed by atoms with Gasteiger partial charge < -0.3 is 5.11 Å². The van der Waals surface area contributed by atoms with Gasteiger partial charge in [-0.3, -0.25) is 4.79 Å². The monoisotopic (exact) mass is 240 g/mol. The fourth-order valence-electron chi connectivity index (χ4n) is 1.98. The summed E-state index contributed by atoms with van der Waals surface area (Å²) in [5.41, 5.74) is 2.79. The number of carbonyl (C=O) groups excluding carboxylic acids is 1. The molecule has 18 heavy (non-hydrogen) atoms. The molecule has 0 aliphatic carbocycles. The van der Waals surface area contributed by atoms with Crippen LogP contribution in [0.1, 0.15) is 27.9 Å². The van der Waals surface area contributed by atoms with Gasteiger partial charge in [0.05, 0.1) is 5.56 Å². The maximum Gasteiger partial charge on any atom is 0.166 e. The number of ketones is 1. The van der Waals surface area contributed by atoms with Crippen molar-refractivity contribution in [2.45, 2.75) is 19.8 Å². The summed E-state index contributed by atoms with van der Waals surface area (Å²) >= 11 is 0. The summed E-state index contributed by atoms with van der Waals surface area (Å²) in [4.78, 5) is 12.0. The van der Waals surface area contributed by atoms with Crippen molar-refractivity contribution < 1.29 is 9.90 Å². The number of rotatable bonds is 4. The van der Waals surface area contributed by atoms with Crippen molar-refractivity contribution in [3.63, 3.8) is 0 Å².